The molecule has 2 rings (SSSR count). The summed E-state index contributed by atoms with van der Waals surface area (Å²) in [4.78, 5) is 6.92. The molecule has 0 saturated carbocycles. The molecule has 0 amide bonds. The third-order valence-electron chi connectivity index (χ3n) is 4.77. The van der Waals surface area contributed by atoms with Gasteiger partial charge in [0, 0.05) is 49.8 Å². The van der Waals surface area contributed by atoms with Crippen LogP contribution in [-0.2, 0) is 10.0 Å². The Hall–Kier alpha value is 0.0500. The number of piperidine rings is 1. The second-order valence-electron chi connectivity index (χ2n) is 7.52. The van der Waals surface area contributed by atoms with Crippen molar-refractivity contribution in [2.45, 2.75) is 43.9 Å². The van der Waals surface area contributed by atoms with Crippen molar-refractivity contribution >= 4 is 51.7 Å². The summed E-state index contributed by atoms with van der Waals surface area (Å²) >= 11 is 1.93. The molecule has 6 nitrogen and oxygen atoms in total. The second kappa shape index (κ2) is 10.4. The molecule has 166 valence electrons. The van der Waals surface area contributed by atoms with Crippen LogP contribution in [0.3, 0.4) is 0 Å². The van der Waals surface area contributed by atoms with Crippen LogP contribution in [0.5, 0.6) is 0 Å². The van der Waals surface area contributed by atoms with E-state index < -0.39 is 15.5 Å². The number of hydrogen-bond acceptors (Lipinski definition) is 4. The lowest BCUT2D eigenvalue weighted by atomic mass is 9.98. The zero-order chi connectivity index (χ0) is 20.3. The Morgan fingerprint density at radius 1 is 1.25 bits per heavy atom. The Kier molecular flexibility index (Phi) is 9.67. The highest BCUT2D eigenvalue weighted by atomic mass is 127. The molecule has 0 aromatic carbocycles. The lowest BCUT2D eigenvalue weighted by molar-refractivity contribution is -0.0496. The number of aliphatic imine (C=N–C) groups is 1. The molecule has 2 saturated heterocycles. The third-order valence-corrected chi connectivity index (χ3v) is 7.69. The normalized spacial score (nSPS) is 22.6. The number of nitrogens with one attached hydrogen (secondary N) is 1. The minimum atomic E-state index is -5.23. The maximum absolute atomic E-state index is 12.7. The molecule has 0 radical (unpaired) electrons. The molecule has 0 aromatic heterocycles. The van der Waals surface area contributed by atoms with E-state index in [4.69, 9.17) is 4.99 Å². The second-order valence-corrected chi connectivity index (χ2v) is 11.2. The van der Waals surface area contributed by atoms with E-state index in [9.17, 15) is 21.6 Å². The minimum Gasteiger partial charge on any atom is -0.357 e. The average molecular weight is 558 g/mol. The maximum atomic E-state index is 12.7. The van der Waals surface area contributed by atoms with Crippen molar-refractivity contribution in [2.24, 2.45) is 10.9 Å². The van der Waals surface area contributed by atoms with Gasteiger partial charge in [0.1, 0.15) is 0 Å². The summed E-state index contributed by atoms with van der Waals surface area (Å²) in [6.45, 7) is 9.21. The van der Waals surface area contributed by atoms with Gasteiger partial charge in [0.2, 0.25) is 0 Å². The summed E-state index contributed by atoms with van der Waals surface area (Å²) in [5, 5.41) is 3.29. The molecule has 0 aliphatic carbocycles. The highest BCUT2D eigenvalue weighted by Gasteiger charge is 2.50. The van der Waals surface area contributed by atoms with E-state index in [2.05, 4.69) is 24.1 Å². The maximum Gasteiger partial charge on any atom is 0.511 e. The molecule has 28 heavy (non-hydrogen) atoms. The van der Waals surface area contributed by atoms with Gasteiger partial charge < -0.3 is 10.2 Å². The van der Waals surface area contributed by atoms with Crippen molar-refractivity contribution in [1.29, 1.82) is 0 Å². The van der Waals surface area contributed by atoms with Crippen LogP contribution in [0, 0.1) is 5.92 Å². The summed E-state index contributed by atoms with van der Waals surface area (Å²) in [5.41, 5.74) is -5.23. The van der Waals surface area contributed by atoms with Gasteiger partial charge in [-0.05, 0) is 39.5 Å². The zero-order valence-corrected chi connectivity index (χ0v) is 20.4. The van der Waals surface area contributed by atoms with Crippen LogP contribution in [0.15, 0.2) is 4.99 Å². The number of thioether (sulfide) groups is 1. The molecule has 0 spiro atoms. The van der Waals surface area contributed by atoms with Crippen LogP contribution in [0.2, 0.25) is 0 Å². The molecule has 0 atom stereocenters. The molecule has 2 aliphatic heterocycles. The van der Waals surface area contributed by atoms with Crippen LogP contribution in [0.4, 0.5) is 13.2 Å². The minimum absolute atomic E-state index is 0. The number of sulfonamides is 1. The van der Waals surface area contributed by atoms with E-state index in [1.54, 1.807) is 0 Å². The van der Waals surface area contributed by atoms with Crippen LogP contribution in [0.25, 0.3) is 0 Å². The fourth-order valence-corrected chi connectivity index (χ4v) is 5.41. The molecule has 2 heterocycles. The van der Waals surface area contributed by atoms with Crippen molar-refractivity contribution in [3.63, 3.8) is 0 Å². The molecule has 12 heteroatoms. The fraction of sp³-hybridized carbons (Fsp3) is 0.938. The number of halogens is 4. The third kappa shape index (κ3) is 6.79. The van der Waals surface area contributed by atoms with Crippen molar-refractivity contribution in [3.8, 4) is 0 Å². The van der Waals surface area contributed by atoms with E-state index >= 15 is 0 Å². The van der Waals surface area contributed by atoms with Gasteiger partial charge in [-0.1, -0.05) is 0 Å². The largest absolute Gasteiger partial charge is 0.511 e. The molecule has 2 aliphatic rings. The van der Waals surface area contributed by atoms with E-state index in [1.807, 2.05) is 18.7 Å². The predicted octanol–water partition coefficient (Wildman–Crippen LogP) is 2.96. The molecule has 0 aromatic rings. The first-order chi connectivity index (χ1) is 12.5. The lowest BCUT2D eigenvalue weighted by Crippen LogP contribution is -2.51. The summed E-state index contributed by atoms with van der Waals surface area (Å²) < 4.78 is 61.6. The Balaban J connectivity index is 0.00000392. The SMILES string of the molecule is CCNC(=NCC1CCN(S(=O)(=O)C(F)(F)F)CC1)N1CCSC(C)(C)C1.I. The summed E-state index contributed by atoms with van der Waals surface area (Å²) in [5.74, 6) is 1.94. The average Bonchev–Trinajstić information content (AvgIpc) is 2.57. The van der Waals surface area contributed by atoms with Crippen LogP contribution in [0.1, 0.15) is 33.6 Å². The first kappa shape index (κ1) is 26.1. The summed E-state index contributed by atoms with van der Waals surface area (Å²) in [6.07, 6.45) is 0.777. The number of hydrogen-bond donors (Lipinski definition) is 1. The van der Waals surface area contributed by atoms with Crippen LogP contribution < -0.4 is 5.32 Å². The van der Waals surface area contributed by atoms with Gasteiger partial charge in [-0.2, -0.15) is 29.2 Å². The molecule has 2 fully saturated rings. The van der Waals surface area contributed by atoms with Crippen molar-refractivity contribution in [2.75, 3.05) is 45.0 Å². The summed E-state index contributed by atoms with van der Waals surface area (Å²) in [6, 6.07) is 0. The van der Waals surface area contributed by atoms with E-state index in [0.717, 1.165) is 31.3 Å². The smallest absolute Gasteiger partial charge is 0.357 e. The highest BCUT2D eigenvalue weighted by molar-refractivity contribution is 14.0. The van der Waals surface area contributed by atoms with Gasteiger partial charge in [0.25, 0.3) is 0 Å². The number of guanidine groups is 1. The fourth-order valence-electron chi connectivity index (χ4n) is 3.32. The number of nitrogens with zero attached hydrogens (tertiary/aromatic N) is 3. The monoisotopic (exact) mass is 558 g/mol. The van der Waals surface area contributed by atoms with Gasteiger partial charge in [-0.25, -0.2) is 8.42 Å². The molecular weight excluding hydrogens is 528 g/mol. The van der Waals surface area contributed by atoms with Crippen molar-refractivity contribution in [1.82, 2.24) is 14.5 Å². The predicted molar refractivity (Wildman–Crippen MR) is 119 cm³/mol. The molecule has 0 bridgehead atoms. The molecule has 0 unspecified atom stereocenters. The van der Waals surface area contributed by atoms with Crippen molar-refractivity contribution < 1.29 is 21.6 Å². The van der Waals surface area contributed by atoms with Gasteiger partial charge in [-0.15, -0.1) is 24.0 Å². The van der Waals surface area contributed by atoms with Gasteiger partial charge in [0.05, 0.1) is 0 Å². The van der Waals surface area contributed by atoms with Gasteiger partial charge in [-0.3, -0.25) is 4.99 Å². The Morgan fingerprint density at radius 2 is 1.86 bits per heavy atom. The van der Waals surface area contributed by atoms with Gasteiger partial charge >= 0.3 is 15.5 Å². The van der Waals surface area contributed by atoms with Crippen LogP contribution in [-0.4, -0.2) is 78.9 Å². The van der Waals surface area contributed by atoms with E-state index in [1.165, 1.54) is 0 Å². The molecule has 1 N–H and O–H groups in total. The van der Waals surface area contributed by atoms with E-state index in [-0.39, 0.29) is 47.7 Å². The van der Waals surface area contributed by atoms with Crippen molar-refractivity contribution in [3.05, 3.63) is 0 Å². The number of alkyl halides is 3. The van der Waals surface area contributed by atoms with Crippen LogP contribution >= 0.6 is 35.7 Å². The Morgan fingerprint density at radius 3 is 2.36 bits per heavy atom. The Bertz CT molecular complexity index is 636. The zero-order valence-electron chi connectivity index (χ0n) is 16.5. The highest BCUT2D eigenvalue weighted by Crippen LogP contribution is 2.31. The first-order valence-corrected chi connectivity index (χ1v) is 11.6. The molecular formula is C16H30F3IN4O2S2. The first-order valence-electron chi connectivity index (χ1n) is 9.20. The van der Waals surface area contributed by atoms with E-state index in [0.29, 0.717) is 23.7 Å². The topological polar surface area (TPSA) is 65.0 Å². The standard InChI is InChI=1S/C16H29F3N4O2S2.HI/c1-4-20-14(22-9-10-26-15(2,3)12-22)21-11-13-5-7-23(8-6-13)27(24,25)16(17,18)19;/h13H,4-12H2,1-3H3,(H,20,21);1H. The Labute approximate surface area is 187 Å². The lowest BCUT2D eigenvalue weighted by Gasteiger charge is -2.39. The van der Waals surface area contributed by atoms with Gasteiger partial charge in [0.15, 0.2) is 5.96 Å². The quantitative estimate of drug-likeness (QED) is 0.327. The number of rotatable bonds is 4. The summed E-state index contributed by atoms with van der Waals surface area (Å²) in [7, 11) is -5.22.